The van der Waals surface area contributed by atoms with Crippen molar-refractivity contribution in [3.63, 3.8) is 0 Å². The highest BCUT2D eigenvalue weighted by molar-refractivity contribution is 7.89. The molecule has 2 amide bonds. The molecule has 0 spiro atoms. The summed E-state index contributed by atoms with van der Waals surface area (Å²) in [6.45, 7) is 3.31. The van der Waals surface area contributed by atoms with Crippen molar-refractivity contribution >= 4 is 21.8 Å². The van der Waals surface area contributed by atoms with Crippen LogP contribution in [0.1, 0.15) is 40.5 Å². The number of nitrogens with one attached hydrogen (secondary N) is 2. The summed E-state index contributed by atoms with van der Waals surface area (Å²) >= 11 is 0. The highest BCUT2D eigenvalue weighted by Gasteiger charge is 2.27. The number of carbonyl (C=O) groups is 2. The van der Waals surface area contributed by atoms with Crippen LogP contribution in [0.25, 0.3) is 0 Å². The minimum absolute atomic E-state index is 0.139. The minimum Gasteiger partial charge on any atom is -0.478 e. The van der Waals surface area contributed by atoms with E-state index in [2.05, 4.69) is 15.8 Å². The molecular formula is C19H22N4O5S. The summed E-state index contributed by atoms with van der Waals surface area (Å²) in [4.78, 5) is 28.4. The first-order valence-corrected chi connectivity index (χ1v) is 10.7. The summed E-state index contributed by atoms with van der Waals surface area (Å²) in [5.74, 6) is -0.707. The molecule has 9 nitrogen and oxygen atoms in total. The van der Waals surface area contributed by atoms with E-state index in [-0.39, 0.29) is 16.0 Å². The van der Waals surface area contributed by atoms with E-state index in [4.69, 9.17) is 4.74 Å². The summed E-state index contributed by atoms with van der Waals surface area (Å²) in [6.07, 6.45) is 3.04. The number of amides is 2. The van der Waals surface area contributed by atoms with E-state index in [9.17, 15) is 18.0 Å². The number of carbonyl (C=O) groups excluding carboxylic acids is 2. The minimum atomic E-state index is -3.54. The number of aromatic nitrogens is 1. The lowest BCUT2D eigenvalue weighted by molar-refractivity contribution is 0.0846. The number of nitrogens with zero attached hydrogens (tertiary/aromatic N) is 2. The largest absolute Gasteiger partial charge is 0.478 e. The molecule has 29 heavy (non-hydrogen) atoms. The summed E-state index contributed by atoms with van der Waals surface area (Å²) in [5.41, 5.74) is 5.05. The van der Waals surface area contributed by atoms with E-state index in [1.807, 2.05) is 6.92 Å². The SMILES string of the molecule is CCOc1ccc(C(=O)NNC(=O)c2ccc(S(=O)(=O)N3CCCC3)cc2)cn1. The van der Waals surface area contributed by atoms with Crippen molar-refractivity contribution in [1.82, 2.24) is 20.1 Å². The van der Waals surface area contributed by atoms with Crippen molar-refractivity contribution < 1.29 is 22.7 Å². The second-order valence-corrected chi connectivity index (χ2v) is 8.30. The molecule has 1 aromatic heterocycles. The van der Waals surface area contributed by atoms with Gasteiger partial charge in [0.1, 0.15) is 0 Å². The molecule has 0 radical (unpaired) electrons. The van der Waals surface area contributed by atoms with Crippen LogP contribution in [0.3, 0.4) is 0 Å². The third-order valence-corrected chi connectivity index (χ3v) is 6.31. The highest BCUT2D eigenvalue weighted by atomic mass is 32.2. The van der Waals surface area contributed by atoms with Crippen molar-refractivity contribution in [1.29, 1.82) is 0 Å². The van der Waals surface area contributed by atoms with Gasteiger partial charge in [0.15, 0.2) is 0 Å². The van der Waals surface area contributed by atoms with Gasteiger partial charge in [-0.1, -0.05) is 0 Å². The molecule has 2 N–H and O–H groups in total. The quantitative estimate of drug-likeness (QED) is 0.684. The van der Waals surface area contributed by atoms with Crippen LogP contribution >= 0.6 is 0 Å². The Balaban J connectivity index is 1.58. The Kier molecular flexibility index (Phi) is 6.45. The van der Waals surface area contributed by atoms with E-state index < -0.39 is 21.8 Å². The first-order valence-electron chi connectivity index (χ1n) is 9.21. The maximum absolute atomic E-state index is 12.5. The van der Waals surface area contributed by atoms with Crippen LogP contribution in [-0.2, 0) is 10.0 Å². The molecule has 154 valence electrons. The maximum atomic E-state index is 12.5. The molecule has 1 aliphatic heterocycles. The molecule has 0 aliphatic carbocycles. The fraction of sp³-hybridized carbons (Fsp3) is 0.316. The molecular weight excluding hydrogens is 396 g/mol. The van der Waals surface area contributed by atoms with E-state index in [1.165, 1.54) is 40.8 Å². The number of hydrazine groups is 1. The molecule has 3 rings (SSSR count). The second-order valence-electron chi connectivity index (χ2n) is 6.36. The Hall–Kier alpha value is -2.98. The Morgan fingerprint density at radius 3 is 2.14 bits per heavy atom. The predicted molar refractivity (Wildman–Crippen MR) is 105 cm³/mol. The number of rotatable bonds is 6. The van der Waals surface area contributed by atoms with Crippen LogP contribution in [0.15, 0.2) is 47.5 Å². The molecule has 1 fully saturated rings. The van der Waals surface area contributed by atoms with E-state index in [0.717, 1.165) is 12.8 Å². The first-order chi connectivity index (χ1) is 13.9. The Labute approximate surface area is 169 Å². The zero-order chi connectivity index (χ0) is 20.9. The van der Waals surface area contributed by atoms with Gasteiger partial charge in [0.25, 0.3) is 11.8 Å². The molecule has 1 saturated heterocycles. The van der Waals surface area contributed by atoms with Gasteiger partial charge in [-0.2, -0.15) is 4.31 Å². The van der Waals surface area contributed by atoms with Gasteiger partial charge < -0.3 is 4.74 Å². The highest BCUT2D eigenvalue weighted by Crippen LogP contribution is 2.21. The number of sulfonamides is 1. The Morgan fingerprint density at radius 2 is 1.59 bits per heavy atom. The third kappa shape index (κ3) is 4.90. The van der Waals surface area contributed by atoms with Crippen molar-refractivity contribution in [3.05, 3.63) is 53.7 Å². The predicted octanol–water partition coefficient (Wildman–Crippen LogP) is 1.34. The molecule has 2 heterocycles. The van der Waals surface area contributed by atoms with E-state index in [1.54, 1.807) is 6.07 Å². The summed E-state index contributed by atoms with van der Waals surface area (Å²) in [7, 11) is -3.54. The van der Waals surface area contributed by atoms with Crippen LogP contribution in [0.5, 0.6) is 5.88 Å². The molecule has 10 heteroatoms. The zero-order valence-electron chi connectivity index (χ0n) is 15.9. The first kappa shape index (κ1) is 20.7. The monoisotopic (exact) mass is 418 g/mol. The van der Waals surface area contributed by atoms with Gasteiger partial charge in [0.2, 0.25) is 15.9 Å². The van der Waals surface area contributed by atoms with Crippen molar-refractivity contribution in [2.75, 3.05) is 19.7 Å². The van der Waals surface area contributed by atoms with Crippen LogP contribution in [-0.4, -0.2) is 49.2 Å². The van der Waals surface area contributed by atoms with E-state index >= 15 is 0 Å². The third-order valence-electron chi connectivity index (χ3n) is 4.40. The normalized spacial score (nSPS) is 14.4. The van der Waals surface area contributed by atoms with Crippen LogP contribution in [0.4, 0.5) is 0 Å². The summed E-state index contributed by atoms with van der Waals surface area (Å²) < 4.78 is 31.7. The van der Waals surface area contributed by atoms with Crippen molar-refractivity contribution in [2.45, 2.75) is 24.7 Å². The van der Waals surface area contributed by atoms with Gasteiger partial charge in [-0.15, -0.1) is 0 Å². The van der Waals surface area contributed by atoms with Crippen LogP contribution in [0, 0.1) is 0 Å². The van der Waals surface area contributed by atoms with Gasteiger partial charge in [0, 0.05) is 30.9 Å². The molecule has 1 aromatic carbocycles. The average Bonchev–Trinajstić information content (AvgIpc) is 3.28. The van der Waals surface area contributed by atoms with Gasteiger partial charge >= 0.3 is 0 Å². The number of hydrogen-bond donors (Lipinski definition) is 2. The lowest BCUT2D eigenvalue weighted by Crippen LogP contribution is -2.41. The molecule has 0 saturated carbocycles. The molecule has 0 unspecified atom stereocenters. The maximum Gasteiger partial charge on any atom is 0.271 e. The van der Waals surface area contributed by atoms with Crippen molar-refractivity contribution in [2.24, 2.45) is 0 Å². The number of benzene rings is 1. The van der Waals surface area contributed by atoms with Crippen molar-refractivity contribution in [3.8, 4) is 5.88 Å². The van der Waals surface area contributed by atoms with Gasteiger partial charge in [-0.05, 0) is 50.1 Å². The number of pyridine rings is 1. The summed E-state index contributed by atoms with van der Waals surface area (Å²) in [6, 6.07) is 8.67. The lowest BCUT2D eigenvalue weighted by atomic mass is 10.2. The molecule has 1 aliphatic rings. The fourth-order valence-electron chi connectivity index (χ4n) is 2.86. The smallest absolute Gasteiger partial charge is 0.271 e. The molecule has 0 bridgehead atoms. The van der Waals surface area contributed by atoms with Crippen LogP contribution in [0.2, 0.25) is 0 Å². The second kappa shape index (κ2) is 9.01. The summed E-state index contributed by atoms with van der Waals surface area (Å²) in [5, 5.41) is 0. The van der Waals surface area contributed by atoms with Gasteiger partial charge in [-0.3, -0.25) is 20.4 Å². The molecule has 0 atom stereocenters. The average molecular weight is 418 g/mol. The Bertz CT molecular complexity index is 969. The fourth-order valence-corrected chi connectivity index (χ4v) is 4.38. The van der Waals surface area contributed by atoms with Gasteiger partial charge in [0.05, 0.1) is 17.1 Å². The number of ether oxygens (including phenoxy) is 1. The Morgan fingerprint density at radius 1 is 1.00 bits per heavy atom. The number of hydrogen-bond acceptors (Lipinski definition) is 6. The van der Waals surface area contributed by atoms with E-state index in [0.29, 0.717) is 25.6 Å². The van der Waals surface area contributed by atoms with Gasteiger partial charge in [-0.25, -0.2) is 13.4 Å². The standard InChI is InChI=1S/C19H22N4O5S/c1-2-28-17-10-7-15(13-20-17)19(25)22-21-18(24)14-5-8-16(9-6-14)29(26,27)23-11-3-4-12-23/h5-10,13H,2-4,11-12H2,1H3,(H,21,24)(H,22,25). The topological polar surface area (TPSA) is 118 Å². The lowest BCUT2D eigenvalue weighted by Gasteiger charge is -2.15. The molecule has 2 aromatic rings. The van der Waals surface area contributed by atoms with Crippen LogP contribution < -0.4 is 15.6 Å². The zero-order valence-corrected chi connectivity index (χ0v) is 16.7.